The van der Waals surface area contributed by atoms with Crippen molar-refractivity contribution in [2.75, 3.05) is 12.4 Å². The first-order valence-electron chi connectivity index (χ1n) is 7.78. The van der Waals surface area contributed by atoms with E-state index in [2.05, 4.69) is 10.3 Å². The lowest BCUT2D eigenvalue weighted by atomic mass is 10.2. The van der Waals surface area contributed by atoms with Crippen LogP contribution in [0.4, 0.5) is 5.69 Å². The van der Waals surface area contributed by atoms with Crippen LogP contribution in [0.3, 0.4) is 0 Å². The molecule has 0 saturated heterocycles. The van der Waals surface area contributed by atoms with Gasteiger partial charge in [-0.05, 0) is 29.8 Å². The highest BCUT2D eigenvalue weighted by molar-refractivity contribution is 7.07. The van der Waals surface area contributed by atoms with Crippen molar-refractivity contribution < 1.29 is 9.53 Å². The standard InChI is InChI=1S/C19H14Cl2N2O3S/c1-26-14-8-3-2-7-13(14)22-16(24)10-17-23-19(25)15(27-17)9-11-5-4-6-12(20)18(11)21/h2-10H,1H3,(H,22,24)(H,23,25). The summed E-state index contributed by atoms with van der Waals surface area (Å²) in [6.07, 6.45) is 2.95. The van der Waals surface area contributed by atoms with Gasteiger partial charge in [0.2, 0.25) is 0 Å². The van der Waals surface area contributed by atoms with E-state index in [9.17, 15) is 9.59 Å². The van der Waals surface area contributed by atoms with E-state index in [1.54, 1.807) is 48.5 Å². The van der Waals surface area contributed by atoms with Crippen LogP contribution in [0.2, 0.25) is 10.0 Å². The third-order valence-electron chi connectivity index (χ3n) is 3.58. The molecule has 2 N–H and O–H groups in total. The van der Waals surface area contributed by atoms with Crippen molar-refractivity contribution >= 4 is 58.3 Å². The molecule has 0 unspecified atom stereocenters. The molecule has 2 aromatic carbocycles. The van der Waals surface area contributed by atoms with Crippen molar-refractivity contribution in [2.45, 2.75) is 0 Å². The first-order chi connectivity index (χ1) is 13.0. The van der Waals surface area contributed by atoms with E-state index >= 15 is 0 Å². The smallest absolute Gasteiger partial charge is 0.266 e. The van der Waals surface area contributed by atoms with Crippen LogP contribution in [0.5, 0.6) is 5.75 Å². The minimum absolute atomic E-state index is 0.313. The molecule has 0 aliphatic rings. The number of amides is 1. The zero-order valence-electron chi connectivity index (χ0n) is 14.1. The predicted octanol–water partition coefficient (Wildman–Crippen LogP) is 3.00. The summed E-state index contributed by atoms with van der Waals surface area (Å²) in [5.74, 6) is 0.160. The van der Waals surface area contributed by atoms with Crippen molar-refractivity contribution in [3.05, 3.63) is 77.6 Å². The van der Waals surface area contributed by atoms with Crippen LogP contribution >= 0.6 is 34.5 Å². The summed E-state index contributed by atoms with van der Waals surface area (Å²) >= 11 is 13.3. The van der Waals surface area contributed by atoms with Gasteiger partial charge in [-0.1, -0.05) is 47.5 Å². The van der Waals surface area contributed by atoms with Crippen LogP contribution in [0.25, 0.3) is 12.2 Å². The summed E-state index contributed by atoms with van der Waals surface area (Å²) in [6.45, 7) is 0. The molecule has 0 aliphatic carbocycles. The molecule has 0 fully saturated rings. The Labute approximate surface area is 168 Å². The molecular formula is C19H14Cl2N2O3S. The lowest BCUT2D eigenvalue weighted by molar-refractivity contribution is -0.110. The van der Waals surface area contributed by atoms with Crippen molar-refractivity contribution in [3.8, 4) is 5.75 Å². The molecule has 0 radical (unpaired) electrons. The van der Waals surface area contributed by atoms with E-state index in [1.165, 1.54) is 13.2 Å². The molecule has 1 aromatic heterocycles. The highest BCUT2D eigenvalue weighted by Gasteiger charge is 2.06. The first-order valence-corrected chi connectivity index (χ1v) is 9.36. The monoisotopic (exact) mass is 420 g/mol. The maximum atomic E-state index is 12.2. The lowest BCUT2D eigenvalue weighted by Gasteiger charge is -2.07. The lowest BCUT2D eigenvalue weighted by Crippen LogP contribution is -2.20. The van der Waals surface area contributed by atoms with Crippen molar-refractivity contribution in [3.63, 3.8) is 0 Å². The number of aromatic nitrogens is 1. The Kier molecular flexibility index (Phi) is 6.01. The molecule has 0 atom stereocenters. The first kappa shape index (κ1) is 19.2. The van der Waals surface area contributed by atoms with Gasteiger partial charge in [-0.25, -0.2) is 0 Å². The van der Waals surface area contributed by atoms with Gasteiger partial charge in [0.25, 0.3) is 11.5 Å². The van der Waals surface area contributed by atoms with Gasteiger partial charge in [-0.3, -0.25) is 9.59 Å². The summed E-state index contributed by atoms with van der Waals surface area (Å²) in [6, 6.07) is 12.2. The minimum Gasteiger partial charge on any atom is -0.495 e. The molecule has 8 heteroatoms. The van der Waals surface area contributed by atoms with Crippen LogP contribution in [-0.2, 0) is 4.79 Å². The normalized spacial score (nSPS) is 12.3. The fourth-order valence-electron chi connectivity index (χ4n) is 2.33. The Hall–Kier alpha value is -2.54. The summed E-state index contributed by atoms with van der Waals surface area (Å²) in [7, 11) is 1.52. The minimum atomic E-state index is -0.385. The van der Waals surface area contributed by atoms with Gasteiger partial charge < -0.3 is 15.0 Å². The summed E-state index contributed by atoms with van der Waals surface area (Å²) in [5, 5.41) is 3.49. The molecule has 138 valence electrons. The molecule has 0 aliphatic heterocycles. The average Bonchev–Trinajstić information content (AvgIpc) is 2.98. The molecule has 0 saturated carbocycles. The average molecular weight is 421 g/mol. The number of benzene rings is 2. The molecule has 1 heterocycles. The number of hydrogen-bond donors (Lipinski definition) is 2. The number of H-pyrrole nitrogens is 1. The van der Waals surface area contributed by atoms with Gasteiger partial charge in [-0.2, -0.15) is 0 Å². The number of thiazole rings is 1. The van der Waals surface area contributed by atoms with Crippen LogP contribution in [-0.4, -0.2) is 18.0 Å². The second-order valence-electron chi connectivity index (χ2n) is 5.41. The predicted molar refractivity (Wildman–Crippen MR) is 110 cm³/mol. The maximum Gasteiger partial charge on any atom is 0.266 e. The molecule has 3 rings (SSSR count). The number of ether oxygens (including phenoxy) is 1. The van der Waals surface area contributed by atoms with E-state index in [0.717, 1.165) is 11.3 Å². The third-order valence-corrected chi connectivity index (χ3v) is 5.37. The highest BCUT2D eigenvalue weighted by atomic mass is 35.5. The number of halogens is 2. The number of aromatic amines is 1. The SMILES string of the molecule is COc1ccccc1NC(=O)C=c1[nH]c(=O)c(=Cc2cccc(Cl)c2Cl)s1. The van der Waals surface area contributed by atoms with E-state index < -0.39 is 0 Å². The molecule has 5 nitrogen and oxygen atoms in total. The van der Waals surface area contributed by atoms with Gasteiger partial charge in [0.05, 0.1) is 27.4 Å². The highest BCUT2D eigenvalue weighted by Crippen LogP contribution is 2.25. The molecular weight excluding hydrogens is 407 g/mol. The molecule has 1 amide bonds. The second kappa shape index (κ2) is 8.43. The van der Waals surface area contributed by atoms with Crippen LogP contribution in [0.15, 0.2) is 47.3 Å². The summed E-state index contributed by atoms with van der Waals surface area (Å²) < 4.78 is 6.02. The molecule has 0 spiro atoms. The fraction of sp³-hybridized carbons (Fsp3) is 0.0526. The number of nitrogens with one attached hydrogen (secondary N) is 2. The Morgan fingerprint density at radius 1 is 1.19 bits per heavy atom. The van der Waals surface area contributed by atoms with Gasteiger partial charge in [0, 0.05) is 6.08 Å². The number of carbonyl (C=O) groups excluding carboxylic acids is 1. The topological polar surface area (TPSA) is 71.2 Å². The maximum absolute atomic E-state index is 12.2. The zero-order chi connectivity index (χ0) is 19.4. The van der Waals surface area contributed by atoms with E-state index in [1.807, 2.05) is 0 Å². The third kappa shape index (κ3) is 4.60. The Bertz CT molecular complexity index is 1170. The Balaban J connectivity index is 1.92. The van der Waals surface area contributed by atoms with E-state index in [0.29, 0.717) is 36.2 Å². The van der Waals surface area contributed by atoms with E-state index in [-0.39, 0.29) is 11.5 Å². The van der Waals surface area contributed by atoms with E-state index in [4.69, 9.17) is 27.9 Å². The number of rotatable bonds is 4. The second-order valence-corrected chi connectivity index (χ2v) is 7.27. The van der Waals surface area contributed by atoms with Crippen LogP contribution in [0, 0.1) is 0 Å². The van der Waals surface area contributed by atoms with Crippen LogP contribution < -0.4 is 24.8 Å². The van der Waals surface area contributed by atoms with Crippen molar-refractivity contribution in [1.82, 2.24) is 4.98 Å². The molecule has 3 aromatic rings. The summed E-state index contributed by atoms with van der Waals surface area (Å²) in [5.41, 5.74) is 0.853. The number of anilines is 1. The van der Waals surface area contributed by atoms with Crippen LogP contribution in [0.1, 0.15) is 5.56 Å². The Morgan fingerprint density at radius 3 is 2.74 bits per heavy atom. The number of para-hydroxylation sites is 2. The molecule has 27 heavy (non-hydrogen) atoms. The number of carbonyl (C=O) groups is 1. The quantitative estimate of drug-likeness (QED) is 0.681. The van der Waals surface area contributed by atoms with Gasteiger partial charge >= 0.3 is 0 Å². The molecule has 0 bridgehead atoms. The van der Waals surface area contributed by atoms with Crippen molar-refractivity contribution in [2.24, 2.45) is 0 Å². The summed E-state index contributed by atoms with van der Waals surface area (Å²) in [4.78, 5) is 27.1. The largest absolute Gasteiger partial charge is 0.495 e. The van der Waals surface area contributed by atoms with Gasteiger partial charge in [0.1, 0.15) is 10.4 Å². The zero-order valence-corrected chi connectivity index (χ0v) is 16.4. The Morgan fingerprint density at radius 2 is 1.96 bits per heavy atom. The van der Waals surface area contributed by atoms with Crippen molar-refractivity contribution in [1.29, 1.82) is 0 Å². The van der Waals surface area contributed by atoms with Gasteiger partial charge in [0.15, 0.2) is 0 Å². The fourth-order valence-corrected chi connectivity index (χ4v) is 3.57. The number of methoxy groups -OCH3 is 1. The number of hydrogen-bond acceptors (Lipinski definition) is 4. The van der Waals surface area contributed by atoms with Gasteiger partial charge in [-0.15, -0.1) is 11.3 Å².